The quantitative estimate of drug-likeness (QED) is 0.833. The summed E-state index contributed by atoms with van der Waals surface area (Å²) < 4.78 is 0. The Hall–Kier alpha value is -2.01. The fraction of sp³-hybridized carbons (Fsp3) is 0.312. The van der Waals surface area contributed by atoms with Crippen molar-refractivity contribution in [2.75, 3.05) is 0 Å². The second kappa shape index (κ2) is 7.13. The molecule has 2 heterocycles. The van der Waals surface area contributed by atoms with Crippen molar-refractivity contribution in [3.05, 3.63) is 52.0 Å². The number of thiophene rings is 1. The summed E-state index contributed by atoms with van der Waals surface area (Å²) in [4.78, 5) is 29.6. The number of amides is 1. The zero-order valence-corrected chi connectivity index (χ0v) is 12.9. The summed E-state index contributed by atoms with van der Waals surface area (Å²) in [5.74, 6) is -0.0826. The van der Waals surface area contributed by atoms with Gasteiger partial charge in [0, 0.05) is 30.1 Å². The van der Waals surface area contributed by atoms with Gasteiger partial charge in [-0.2, -0.15) is 0 Å². The van der Waals surface area contributed by atoms with Gasteiger partial charge in [0.25, 0.3) is 0 Å². The van der Waals surface area contributed by atoms with E-state index in [2.05, 4.69) is 10.3 Å². The van der Waals surface area contributed by atoms with Crippen molar-refractivity contribution in [2.24, 2.45) is 0 Å². The maximum Gasteiger partial charge on any atom is 0.220 e. The fourth-order valence-electron chi connectivity index (χ4n) is 1.98. The second-order valence-electron chi connectivity index (χ2n) is 4.90. The lowest BCUT2D eigenvalue weighted by atomic mass is 10.1. The van der Waals surface area contributed by atoms with E-state index in [1.54, 1.807) is 12.4 Å². The molecule has 4 nitrogen and oxygen atoms in total. The van der Waals surface area contributed by atoms with Crippen LogP contribution in [0.2, 0.25) is 0 Å². The van der Waals surface area contributed by atoms with Gasteiger partial charge in [0.05, 0.1) is 10.9 Å². The zero-order chi connectivity index (χ0) is 15.2. The minimum atomic E-state index is -0.110. The summed E-state index contributed by atoms with van der Waals surface area (Å²) in [6.07, 6.45) is 3.85. The highest BCUT2D eigenvalue weighted by Crippen LogP contribution is 2.17. The first-order valence-corrected chi connectivity index (χ1v) is 7.67. The summed E-state index contributed by atoms with van der Waals surface area (Å²) in [5.41, 5.74) is 0.999. The van der Waals surface area contributed by atoms with E-state index in [1.807, 2.05) is 38.1 Å². The van der Waals surface area contributed by atoms with E-state index in [9.17, 15) is 9.59 Å². The van der Waals surface area contributed by atoms with Crippen molar-refractivity contribution in [1.29, 1.82) is 0 Å². The Morgan fingerprint density at radius 1 is 1.19 bits per heavy atom. The van der Waals surface area contributed by atoms with Crippen LogP contribution in [0.1, 0.15) is 45.9 Å². The van der Waals surface area contributed by atoms with Crippen LogP contribution >= 0.6 is 11.3 Å². The molecule has 0 bridgehead atoms. The van der Waals surface area contributed by atoms with Crippen molar-refractivity contribution in [1.82, 2.24) is 10.3 Å². The summed E-state index contributed by atoms with van der Waals surface area (Å²) in [6, 6.07) is 7.39. The number of ketones is 1. The van der Waals surface area contributed by atoms with Crippen molar-refractivity contribution in [2.45, 2.75) is 32.7 Å². The van der Waals surface area contributed by atoms with Crippen molar-refractivity contribution in [3.63, 3.8) is 0 Å². The highest BCUT2D eigenvalue weighted by molar-refractivity contribution is 7.14. The number of carbonyl (C=O) groups is 2. The van der Waals surface area contributed by atoms with Crippen molar-refractivity contribution >= 4 is 23.0 Å². The lowest BCUT2D eigenvalue weighted by Crippen LogP contribution is -2.26. The fourth-order valence-corrected chi connectivity index (χ4v) is 2.82. The van der Waals surface area contributed by atoms with E-state index in [-0.39, 0.29) is 30.6 Å². The lowest BCUT2D eigenvalue weighted by molar-refractivity contribution is -0.121. The van der Waals surface area contributed by atoms with Gasteiger partial charge in [-0.15, -0.1) is 11.3 Å². The standard InChI is InChI=1S/C16H18N2O2S/c1-11-3-5-15(21-11)14(19)4-6-16(20)18-12(2)13-7-9-17-10-8-13/h3,5,7-10,12H,4,6H2,1-2H3,(H,18,20)/t12-/m0/s1. The van der Waals surface area contributed by atoms with Crippen LogP contribution in [-0.4, -0.2) is 16.7 Å². The molecule has 1 N–H and O–H groups in total. The predicted molar refractivity (Wildman–Crippen MR) is 83.4 cm³/mol. The summed E-state index contributed by atoms with van der Waals surface area (Å²) in [7, 11) is 0. The van der Waals surface area contributed by atoms with Crippen LogP contribution < -0.4 is 5.32 Å². The summed E-state index contributed by atoms with van der Waals surface area (Å²) in [6.45, 7) is 3.88. The second-order valence-corrected chi connectivity index (χ2v) is 6.19. The summed E-state index contributed by atoms with van der Waals surface area (Å²) >= 11 is 1.47. The van der Waals surface area contributed by atoms with Gasteiger partial charge in [0.1, 0.15) is 0 Å². The molecule has 0 spiro atoms. The third kappa shape index (κ3) is 4.49. The molecule has 0 fully saturated rings. The molecule has 110 valence electrons. The molecule has 21 heavy (non-hydrogen) atoms. The monoisotopic (exact) mass is 302 g/mol. The van der Waals surface area contributed by atoms with E-state index in [0.717, 1.165) is 15.3 Å². The number of hydrogen-bond acceptors (Lipinski definition) is 4. The normalized spacial score (nSPS) is 11.9. The molecule has 0 aliphatic heterocycles. The van der Waals surface area contributed by atoms with Crippen LogP contribution in [0.4, 0.5) is 0 Å². The van der Waals surface area contributed by atoms with E-state index in [1.165, 1.54) is 11.3 Å². The number of aromatic nitrogens is 1. The van der Waals surface area contributed by atoms with Gasteiger partial charge in [-0.05, 0) is 43.7 Å². The average molecular weight is 302 g/mol. The van der Waals surface area contributed by atoms with Crippen LogP contribution in [0.5, 0.6) is 0 Å². The number of rotatable bonds is 6. The Bertz CT molecular complexity index is 622. The molecule has 2 rings (SSSR count). The van der Waals surface area contributed by atoms with Crippen LogP contribution in [0.25, 0.3) is 0 Å². The van der Waals surface area contributed by atoms with Gasteiger partial charge in [-0.3, -0.25) is 14.6 Å². The van der Waals surface area contributed by atoms with Gasteiger partial charge in [0.15, 0.2) is 5.78 Å². The zero-order valence-electron chi connectivity index (χ0n) is 12.1. The molecule has 5 heteroatoms. The number of pyridine rings is 1. The average Bonchev–Trinajstić information content (AvgIpc) is 2.92. The topological polar surface area (TPSA) is 59.1 Å². The van der Waals surface area contributed by atoms with E-state index < -0.39 is 0 Å². The Balaban J connectivity index is 1.81. The van der Waals surface area contributed by atoms with Crippen LogP contribution in [0.15, 0.2) is 36.7 Å². The van der Waals surface area contributed by atoms with Gasteiger partial charge in [-0.25, -0.2) is 0 Å². The first-order valence-electron chi connectivity index (χ1n) is 6.85. The van der Waals surface area contributed by atoms with Gasteiger partial charge in [0.2, 0.25) is 5.91 Å². The number of nitrogens with zero attached hydrogens (tertiary/aromatic N) is 1. The smallest absolute Gasteiger partial charge is 0.220 e. The first-order chi connectivity index (χ1) is 10.1. The number of aryl methyl sites for hydroxylation is 1. The van der Waals surface area contributed by atoms with E-state index in [4.69, 9.17) is 0 Å². The molecule has 0 aromatic carbocycles. The third-order valence-electron chi connectivity index (χ3n) is 3.18. The van der Waals surface area contributed by atoms with E-state index >= 15 is 0 Å². The molecule has 0 saturated carbocycles. The highest BCUT2D eigenvalue weighted by Gasteiger charge is 2.13. The van der Waals surface area contributed by atoms with Gasteiger partial charge in [-0.1, -0.05) is 0 Å². The van der Waals surface area contributed by atoms with Gasteiger partial charge < -0.3 is 5.32 Å². The van der Waals surface area contributed by atoms with Crippen LogP contribution in [-0.2, 0) is 4.79 Å². The minimum Gasteiger partial charge on any atom is -0.350 e. The number of hydrogen-bond donors (Lipinski definition) is 1. The van der Waals surface area contributed by atoms with E-state index in [0.29, 0.717) is 0 Å². The number of Topliss-reactive ketones (excluding diaryl/α,β-unsaturated/α-hetero) is 1. The molecule has 0 radical (unpaired) electrons. The largest absolute Gasteiger partial charge is 0.350 e. The molecule has 2 aromatic rings. The molecular weight excluding hydrogens is 284 g/mol. The molecule has 1 amide bonds. The molecule has 0 unspecified atom stereocenters. The first kappa shape index (κ1) is 15.4. The molecule has 0 aliphatic carbocycles. The molecule has 0 saturated heterocycles. The Morgan fingerprint density at radius 2 is 1.90 bits per heavy atom. The van der Waals surface area contributed by atoms with Crippen LogP contribution in [0, 0.1) is 6.92 Å². The molecule has 1 atom stereocenters. The maximum absolute atomic E-state index is 11.9. The Labute approximate surface area is 128 Å². The van der Waals surface area contributed by atoms with Crippen LogP contribution in [0.3, 0.4) is 0 Å². The Kier molecular flexibility index (Phi) is 5.22. The number of carbonyl (C=O) groups excluding carboxylic acids is 2. The molecular formula is C16H18N2O2S. The molecule has 0 aliphatic rings. The highest BCUT2D eigenvalue weighted by atomic mass is 32.1. The predicted octanol–water partition coefficient (Wildman–Crippen LogP) is 3.29. The maximum atomic E-state index is 11.9. The number of nitrogens with one attached hydrogen (secondary N) is 1. The van der Waals surface area contributed by atoms with Crippen molar-refractivity contribution in [3.8, 4) is 0 Å². The SMILES string of the molecule is Cc1ccc(C(=O)CCC(=O)N[C@@H](C)c2ccncc2)s1. The third-order valence-corrected chi connectivity index (χ3v) is 4.22. The lowest BCUT2D eigenvalue weighted by Gasteiger charge is -2.13. The Morgan fingerprint density at radius 3 is 2.52 bits per heavy atom. The minimum absolute atomic E-state index is 0.0276. The molecule has 2 aromatic heterocycles. The van der Waals surface area contributed by atoms with Crippen molar-refractivity contribution < 1.29 is 9.59 Å². The summed E-state index contributed by atoms with van der Waals surface area (Å²) in [5, 5.41) is 2.89. The van der Waals surface area contributed by atoms with Gasteiger partial charge >= 0.3 is 0 Å².